The Morgan fingerprint density at radius 1 is 1.50 bits per heavy atom. The second-order valence-electron chi connectivity index (χ2n) is 3.12. The van der Waals surface area contributed by atoms with Gasteiger partial charge in [-0.3, -0.25) is 10.1 Å². The zero-order chi connectivity index (χ0) is 12.0. The zero-order valence-electron chi connectivity index (χ0n) is 8.84. The molecule has 1 aromatic heterocycles. The fourth-order valence-electron chi connectivity index (χ4n) is 1.05. The first-order valence-corrected chi connectivity index (χ1v) is 4.73. The number of rotatable bonds is 6. The van der Waals surface area contributed by atoms with Crippen LogP contribution in [0.15, 0.2) is 12.4 Å². The summed E-state index contributed by atoms with van der Waals surface area (Å²) in [5.74, 6) is -0.587. The van der Waals surface area contributed by atoms with Crippen molar-refractivity contribution in [3.8, 4) is 0 Å². The fourth-order valence-corrected chi connectivity index (χ4v) is 1.05. The number of carboxylic acid groups (broad SMARTS) is 1. The van der Waals surface area contributed by atoms with Gasteiger partial charge in [-0.05, 0) is 0 Å². The molecule has 1 atom stereocenters. The van der Waals surface area contributed by atoms with E-state index in [2.05, 4.69) is 20.6 Å². The molecular formula is C9H14N4O3. The first-order chi connectivity index (χ1) is 7.67. The minimum Gasteiger partial charge on any atom is -0.480 e. The molecule has 0 fully saturated rings. The highest BCUT2D eigenvalue weighted by Gasteiger charge is 2.14. The smallest absolute Gasteiger partial charge is 0.323 e. The Kier molecular flexibility index (Phi) is 4.62. The average Bonchev–Trinajstić information content (AvgIpc) is 2.30. The third kappa shape index (κ3) is 3.44. The van der Waals surface area contributed by atoms with Crippen LogP contribution in [0.25, 0.3) is 0 Å². The number of aliphatic hydroxyl groups excluding tert-OH is 1. The van der Waals surface area contributed by atoms with Crippen LogP contribution in [0.4, 0.5) is 5.95 Å². The molecule has 4 N–H and O–H groups in total. The highest BCUT2D eigenvalue weighted by atomic mass is 16.4. The van der Waals surface area contributed by atoms with E-state index in [0.717, 1.165) is 5.56 Å². The summed E-state index contributed by atoms with van der Waals surface area (Å²) in [5.41, 5.74) is 0.749. The van der Waals surface area contributed by atoms with Gasteiger partial charge in [0.25, 0.3) is 0 Å². The normalized spacial score (nSPS) is 12.1. The SMILES string of the molecule is CNc1ncc(CN[C@@H](CO)C(=O)O)cn1. The molecule has 16 heavy (non-hydrogen) atoms. The Labute approximate surface area is 92.5 Å². The van der Waals surface area contributed by atoms with Crippen LogP contribution in [0.5, 0.6) is 0 Å². The molecular weight excluding hydrogens is 212 g/mol. The minimum absolute atomic E-state index is 0.293. The molecule has 1 aromatic rings. The van der Waals surface area contributed by atoms with Gasteiger partial charge in [0.1, 0.15) is 6.04 Å². The number of carbonyl (C=O) groups is 1. The van der Waals surface area contributed by atoms with Gasteiger partial charge in [0.05, 0.1) is 6.61 Å². The van der Waals surface area contributed by atoms with Gasteiger partial charge >= 0.3 is 5.97 Å². The standard InChI is InChI=1S/C9H14N4O3/c1-10-9-12-3-6(4-13-9)2-11-7(5-14)8(15)16/h3-4,7,11,14H,2,5H2,1H3,(H,15,16)(H,10,12,13)/t7-/m0/s1. The summed E-state index contributed by atoms with van der Waals surface area (Å²) in [4.78, 5) is 18.5. The van der Waals surface area contributed by atoms with Crippen LogP contribution >= 0.6 is 0 Å². The van der Waals surface area contributed by atoms with Crippen molar-refractivity contribution in [1.82, 2.24) is 15.3 Å². The van der Waals surface area contributed by atoms with Crippen molar-refractivity contribution in [2.45, 2.75) is 12.6 Å². The van der Waals surface area contributed by atoms with Gasteiger partial charge < -0.3 is 15.5 Å². The molecule has 0 aromatic carbocycles. The molecule has 0 aliphatic rings. The Balaban J connectivity index is 2.50. The molecule has 0 bridgehead atoms. The Morgan fingerprint density at radius 3 is 2.56 bits per heavy atom. The molecule has 0 saturated heterocycles. The largest absolute Gasteiger partial charge is 0.480 e. The quantitative estimate of drug-likeness (QED) is 0.495. The third-order valence-electron chi connectivity index (χ3n) is 1.96. The average molecular weight is 226 g/mol. The molecule has 1 rings (SSSR count). The molecule has 0 aliphatic carbocycles. The molecule has 0 aliphatic heterocycles. The summed E-state index contributed by atoms with van der Waals surface area (Å²) in [7, 11) is 1.71. The van der Waals surface area contributed by atoms with Crippen molar-refractivity contribution >= 4 is 11.9 Å². The van der Waals surface area contributed by atoms with Crippen LogP contribution in [-0.2, 0) is 11.3 Å². The number of aromatic nitrogens is 2. The number of carboxylic acids is 1. The van der Waals surface area contributed by atoms with Crippen molar-refractivity contribution in [2.24, 2.45) is 0 Å². The maximum atomic E-state index is 10.6. The Morgan fingerprint density at radius 2 is 2.12 bits per heavy atom. The van der Waals surface area contributed by atoms with E-state index >= 15 is 0 Å². The summed E-state index contributed by atoms with van der Waals surface area (Å²) < 4.78 is 0. The summed E-state index contributed by atoms with van der Waals surface area (Å²) >= 11 is 0. The van der Waals surface area contributed by atoms with Crippen LogP contribution in [0, 0.1) is 0 Å². The lowest BCUT2D eigenvalue weighted by Gasteiger charge is -2.10. The van der Waals surface area contributed by atoms with Crippen LogP contribution in [0.3, 0.4) is 0 Å². The van der Waals surface area contributed by atoms with Crippen LogP contribution in [0.2, 0.25) is 0 Å². The maximum Gasteiger partial charge on any atom is 0.323 e. The lowest BCUT2D eigenvalue weighted by Crippen LogP contribution is -2.39. The van der Waals surface area contributed by atoms with Crippen molar-refractivity contribution in [3.63, 3.8) is 0 Å². The second kappa shape index (κ2) is 5.99. The van der Waals surface area contributed by atoms with Crippen molar-refractivity contribution in [2.75, 3.05) is 19.0 Å². The van der Waals surface area contributed by atoms with Gasteiger partial charge in [-0.2, -0.15) is 0 Å². The maximum absolute atomic E-state index is 10.6. The zero-order valence-corrected chi connectivity index (χ0v) is 8.84. The molecule has 88 valence electrons. The van der Waals surface area contributed by atoms with Gasteiger partial charge in [-0.1, -0.05) is 0 Å². The first-order valence-electron chi connectivity index (χ1n) is 4.73. The summed E-state index contributed by atoms with van der Waals surface area (Å²) in [5, 5.41) is 22.9. The van der Waals surface area contributed by atoms with Gasteiger partial charge in [0.15, 0.2) is 0 Å². The van der Waals surface area contributed by atoms with Crippen molar-refractivity contribution in [1.29, 1.82) is 0 Å². The number of nitrogens with one attached hydrogen (secondary N) is 2. The van der Waals surface area contributed by atoms with E-state index in [1.165, 1.54) is 0 Å². The van der Waals surface area contributed by atoms with E-state index in [4.69, 9.17) is 10.2 Å². The molecule has 0 unspecified atom stereocenters. The third-order valence-corrected chi connectivity index (χ3v) is 1.96. The van der Waals surface area contributed by atoms with E-state index in [9.17, 15) is 4.79 Å². The van der Waals surface area contributed by atoms with E-state index in [1.807, 2.05) is 0 Å². The predicted octanol–water partition coefficient (Wildman–Crippen LogP) is -0.947. The summed E-state index contributed by atoms with van der Waals surface area (Å²) in [6, 6.07) is -0.969. The molecule has 0 saturated carbocycles. The van der Waals surface area contributed by atoms with E-state index in [-0.39, 0.29) is 0 Å². The van der Waals surface area contributed by atoms with Gasteiger partial charge in [-0.25, -0.2) is 9.97 Å². The van der Waals surface area contributed by atoms with E-state index < -0.39 is 18.6 Å². The molecule has 0 amide bonds. The molecule has 7 nitrogen and oxygen atoms in total. The number of hydrogen-bond donors (Lipinski definition) is 4. The number of aliphatic hydroxyl groups is 1. The first kappa shape index (κ1) is 12.3. The van der Waals surface area contributed by atoms with Crippen LogP contribution in [0.1, 0.15) is 5.56 Å². The highest BCUT2D eigenvalue weighted by molar-refractivity contribution is 5.73. The Bertz CT molecular complexity index is 341. The van der Waals surface area contributed by atoms with Crippen molar-refractivity contribution < 1.29 is 15.0 Å². The lowest BCUT2D eigenvalue weighted by atomic mass is 10.3. The van der Waals surface area contributed by atoms with E-state index in [1.54, 1.807) is 19.4 Å². The number of nitrogens with zero attached hydrogens (tertiary/aromatic N) is 2. The highest BCUT2D eigenvalue weighted by Crippen LogP contribution is 1.99. The molecule has 0 spiro atoms. The lowest BCUT2D eigenvalue weighted by molar-refractivity contribution is -0.140. The monoisotopic (exact) mass is 226 g/mol. The number of aliphatic carboxylic acids is 1. The van der Waals surface area contributed by atoms with Crippen LogP contribution in [-0.4, -0.2) is 45.8 Å². The van der Waals surface area contributed by atoms with Gasteiger partial charge in [-0.15, -0.1) is 0 Å². The Hall–Kier alpha value is -1.73. The minimum atomic E-state index is -1.09. The van der Waals surface area contributed by atoms with Crippen molar-refractivity contribution in [3.05, 3.63) is 18.0 Å². The molecule has 1 heterocycles. The van der Waals surface area contributed by atoms with Gasteiger partial charge in [0.2, 0.25) is 5.95 Å². The topological polar surface area (TPSA) is 107 Å². The number of anilines is 1. The van der Waals surface area contributed by atoms with E-state index in [0.29, 0.717) is 12.5 Å². The number of hydrogen-bond acceptors (Lipinski definition) is 6. The second-order valence-corrected chi connectivity index (χ2v) is 3.12. The molecule has 7 heteroatoms. The van der Waals surface area contributed by atoms with Crippen LogP contribution < -0.4 is 10.6 Å². The summed E-state index contributed by atoms with van der Waals surface area (Å²) in [6.07, 6.45) is 3.17. The predicted molar refractivity (Wildman–Crippen MR) is 56.9 cm³/mol. The van der Waals surface area contributed by atoms with Gasteiger partial charge in [0, 0.05) is 31.5 Å². The summed E-state index contributed by atoms with van der Waals surface area (Å²) in [6.45, 7) is -0.160. The molecule has 0 radical (unpaired) electrons. The fraction of sp³-hybridized carbons (Fsp3) is 0.444.